The van der Waals surface area contributed by atoms with Crippen LogP contribution in [0.5, 0.6) is 0 Å². The van der Waals surface area contributed by atoms with Gasteiger partial charge < -0.3 is 4.98 Å². The van der Waals surface area contributed by atoms with E-state index in [1.165, 1.54) is 32.7 Å². The maximum atomic E-state index is 6.51. The van der Waals surface area contributed by atoms with E-state index in [2.05, 4.69) is 60.4 Å². The second-order valence-electron chi connectivity index (χ2n) is 6.87. The normalized spacial score (nSPS) is 19.3. The van der Waals surface area contributed by atoms with Crippen molar-refractivity contribution in [2.45, 2.75) is 25.1 Å². The average molecular weight is 348 g/mol. The van der Waals surface area contributed by atoms with E-state index in [1.54, 1.807) is 0 Å². The molecule has 25 heavy (non-hydrogen) atoms. The van der Waals surface area contributed by atoms with Crippen molar-refractivity contribution in [3.05, 3.63) is 84.2 Å². The molecule has 0 aliphatic heterocycles. The Morgan fingerprint density at radius 3 is 2.32 bits per heavy atom. The number of aromatic amines is 1. The minimum Gasteiger partial charge on any atom is -0.368 e. The first-order valence-electron chi connectivity index (χ1n) is 8.88. The van der Waals surface area contributed by atoms with Crippen LogP contribution in [0.25, 0.3) is 21.5 Å². The van der Waals surface area contributed by atoms with E-state index in [0.29, 0.717) is 5.92 Å². The molecule has 1 aliphatic carbocycles. The van der Waals surface area contributed by atoms with Crippen LogP contribution in [0.3, 0.4) is 0 Å². The monoisotopic (exact) mass is 347 g/mol. The fourth-order valence-electron chi connectivity index (χ4n) is 3.78. The third-order valence-electron chi connectivity index (χ3n) is 5.19. The summed E-state index contributed by atoms with van der Waals surface area (Å²) >= 11 is 6.51. The highest BCUT2D eigenvalue weighted by Gasteiger charge is 2.24. The first-order chi connectivity index (χ1) is 12.2. The minimum atomic E-state index is 0.263. The van der Waals surface area contributed by atoms with Crippen LogP contribution in [0.2, 0.25) is 0 Å². The molecule has 0 fully saturated rings. The molecule has 0 bridgehead atoms. The number of H-pyrrole nitrogens is 1. The fourth-order valence-corrected chi connectivity index (χ4v) is 4.02. The molecule has 0 amide bonds. The molecule has 0 spiro atoms. The number of benzene rings is 3. The van der Waals surface area contributed by atoms with Crippen LogP contribution in [-0.4, -0.2) is 10.4 Å². The van der Waals surface area contributed by atoms with Crippen molar-refractivity contribution < 1.29 is 0 Å². The third kappa shape index (κ3) is 3.17. The van der Waals surface area contributed by atoms with Crippen LogP contribution < -0.4 is 0 Å². The SMILES string of the molecule is CC1Cc2ccc3c(ccc4ccccc43)c2CC1Cl.c1cc[nH]c1. The summed E-state index contributed by atoms with van der Waals surface area (Å²) < 4.78 is 0. The standard InChI is InChI=1S/C19H17Cl.C4H5N/c1-12-10-14-7-9-16-15-5-3-2-4-13(15)6-8-17(16)18(14)11-19(12)20;1-2-4-5-3-1/h2-9,12,19H,10-11H2,1H3;1-5H. The minimum absolute atomic E-state index is 0.263. The van der Waals surface area contributed by atoms with Crippen LogP contribution >= 0.6 is 11.6 Å². The number of hydrogen-bond acceptors (Lipinski definition) is 0. The summed E-state index contributed by atoms with van der Waals surface area (Å²) in [6.07, 6.45) is 5.85. The molecule has 1 nitrogen and oxygen atoms in total. The third-order valence-corrected chi connectivity index (χ3v) is 5.77. The quantitative estimate of drug-likeness (QED) is 0.282. The molecule has 5 rings (SSSR count). The Kier molecular flexibility index (Phi) is 4.50. The lowest BCUT2D eigenvalue weighted by Gasteiger charge is -2.27. The molecule has 0 saturated heterocycles. The maximum Gasteiger partial charge on any atom is 0.0405 e. The van der Waals surface area contributed by atoms with Gasteiger partial charge in [-0.3, -0.25) is 0 Å². The number of rotatable bonds is 0. The summed E-state index contributed by atoms with van der Waals surface area (Å²) in [7, 11) is 0. The molecule has 1 N–H and O–H groups in total. The van der Waals surface area contributed by atoms with Crippen molar-refractivity contribution >= 4 is 33.1 Å². The molecule has 2 unspecified atom stereocenters. The molecule has 3 aromatic carbocycles. The highest BCUT2D eigenvalue weighted by atomic mass is 35.5. The summed E-state index contributed by atoms with van der Waals surface area (Å²) in [6, 6.07) is 21.6. The Labute approximate surface area is 153 Å². The van der Waals surface area contributed by atoms with Gasteiger partial charge in [0.15, 0.2) is 0 Å². The molecule has 0 saturated carbocycles. The number of nitrogens with one attached hydrogen (secondary N) is 1. The van der Waals surface area contributed by atoms with E-state index in [0.717, 1.165) is 12.8 Å². The van der Waals surface area contributed by atoms with Gasteiger partial charge in [0.2, 0.25) is 0 Å². The van der Waals surface area contributed by atoms with Crippen LogP contribution in [0, 0.1) is 5.92 Å². The second kappa shape index (κ2) is 6.93. The van der Waals surface area contributed by atoms with Gasteiger partial charge in [0.25, 0.3) is 0 Å². The lowest BCUT2D eigenvalue weighted by atomic mass is 9.81. The number of halogens is 1. The van der Waals surface area contributed by atoms with E-state index < -0.39 is 0 Å². The molecule has 1 aromatic heterocycles. The second-order valence-corrected chi connectivity index (χ2v) is 7.43. The number of alkyl halides is 1. The topological polar surface area (TPSA) is 15.8 Å². The van der Waals surface area contributed by atoms with Gasteiger partial charge in [-0.25, -0.2) is 0 Å². The summed E-state index contributed by atoms with van der Waals surface area (Å²) in [5.74, 6) is 0.571. The van der Waals surface area contributed by atoms with E-state index in [1.807, 2.05) is 24.5 Å². The largest absolute Gasteiger partial charge is 0.368 e. The summed E-state index contributed by atoms with van der Waals surface area (Å²) in [6.45, 7) is 2.26. The molecule has 1 aliphatic rings. The van der Waals surface area contributed by atoms with Crippen molar-refractivity contribution in [1.82, 2.24) is 4.98 Å². The number of fused-ring (bicyclic) bond motifs is 5. The van der Waals surface area contributed by atoms with Crippen molar-refractivity contribution in [3.63, 3.8) is 0 Å². The van der Waals surface area contributed by atoms with Crippen molar-refractivity contribution in [1.29, 1.82) is 0 Å². The van der Waals surface area contributed by atoms with E-state index in [9.17, 15) is 0 Å². The molecule has 2 heteroatoms. The number of aromatic nitrogens is 1. The van der Waals surface area contributed by atoms with Crippen LogP contribution in [0.15, 0.2) is 73.1 Å². The summed E-state index contributed by atoms with van der Waals surface area (Å²) in [4.78, 5) is 2.86. The van der Waals surface area contributed by atoms with Gasteiger partial charge in [-0.1, -0.05) is 55.5 Å². The molecular formula is C23H22ClN. The summed E-state index contributed by atoms with van der Waals surface area (Å²) in [5.41, 5.74) is 2.95. The van der Waals surface area contributed by atoms with Gasteiger partial charge in [-0.15, -0.1) is 11.6 Å². The Balaban J connectivity index is 0.000000272. The lowest BCUT2D eigenvalue weighted by molar-refractivity contribution is 0.512. The van der Waals surface area contributed by atoms with Crippen LogP contribution in [0.1, 0.15) is 18.1 Å². The van der Waals surface area contributed by atoms with E-state index >= 15 is 0 Å². The first kappa shape index (κ1) is 16.2. The van der Waals surface area contributed by atoms with Gasteiger partial charge >= 0.3 is 0 Å². The van der Waals surface area contributed by atoms with Gasteiger partial charge in [-0.2, -0.15) is 0 Å². The maximum absolute atomic E-state index is 6.51. The van der Waals surface area contributed by atoms with Gasteiger partial charge in [0.1, 0.15) is 0 Å². The van der Waals surface area contributed by atoms with Crippen molar-refractivity contribution in [2.24, 2.45) is 5.92 Å². The smallest absolute Gasteiger partial charge is 0.0405 e. The van der Waals surface area contributed by atoms with E-state index in [-0.39, 0.29) is 5.38 Å². The highest BCUT2D eigenvalue weighted by Crippen LogP contribution is 2.36. The van der Waals surface area contributed by atoms with Gasteiger partial charge in [0.05, 0.1) is 0 Å². The summed E-state index contributed by atoms with van der Waals surface area (Å²) in [5, 5.41) is 5.67. The number of hydrogen-bond donors (Lipinski definition) is 1. The van der Waals surface area contributed by atoms with Crippen molar-refractivity contribution in [2.75, 3.05) is 0 Å². The zero-order valence-electron chi connectivity index (χ0n) is 14.4. The van der Waals surface area contributed by atoms with Crippen LogP contribution in [-0.2, 0) is 12.8 Å². The van der Waals surface area contributed by atoms with Gasteiger partial charge in [-0.05, 0) is 63.6 Å². The Morgan fingerprint density at radius 1 is 0.800 bits per heavy atom. The molecule has 1 heterocycles. The first-order valence-corrected chi connectivity index (χ1v) is 9.32. The van der Waals surface area contributed by atoms with Crippen molar-refractivity contribution in [3.8, 4) is 0 Å². The predicted octanol–water partition coefficient (Wildman–Crippen LogP) is 6.35. The Morgan fingerprint density at radius 2 is 1.56 bits per heavy atom. The molecule has 4 aromatic rings. The van der Waals surface area contributed by atoms with Crippen LogP contribution in [0.4, 0.5) is 0 Å². The molecule has 0 radical (unpaired) electrons. The predicted molar refractivity (Wildman–Crippen MR) is 108 cm³/mol. The Bertz CT molecular complexity index is 971. The zero-order valence-corrected chi connectivity index (χ0v) is 15.1. The molecule has 126 valence electrons. The Hall–Kier alpha value is -2.25. The highest BCUT2D eigenvalue weighted by molar-refractivity contribution is 6.21. The zero-order chi connectivity index (χ0) is 17.2. The van der Waals surface area contributed by atoms with Gasteiger partial charge in [0, 0.05) is 17.8 Å². The fraction of sp³-hybridized carbons (Fsp3) is 0.217. The average Bonchev–Trinajstić information content (AvgIpc) is 3.22. The molecule has 2 atom stereocenters. The van der Waals surface area contributed by atoms with E-state index in [4.69, 9.17) is 11.6 Å². The lowest BCUT2D eigenvalue weighted by Crippen LogP contribution is -2.23. The molecular weight excluding hydrogens is 326 g/mol.